The van der Waals surface area contributed by atoms with Crippen LogP contribution in [0.4, 0.5) is 0 Å². The van der Waals surface area contributed by atoms with E-state index in [4.69, 9.17) is 0 Å². The van der Waals surface area contributed by atoms with Crippen molar-refractivity contribution in [3.05, 3.63) is 35.4 Å². The van der Waals surface area contributed by atoms with E-state index in [9.17, 15) is 4.79 Å². The second-order valence-corrected chi connectivity index (χ2v) is 7.39. The van der Waals surface area contributed by atoms with E-state index in [-0.39, 0.29) is 5.91 Å². The maximum absolute atomic E-state index is 12.9. The third kappa shape index (κ3) is 3.18. The molecule has 1 aromatic rings. The molecule has 120 valence electrons. The first-order chi connectivity index (χ1) is 10.7. The quantitative estimate of drug-likeness (QED) is 0.851. The molecule has 3 nitrogen and oxygen atoms in total. The number of likely N-dealkylation sites (N-methyl/N-ethyl adjacent to an activating group) is 1. The molecule has 0 radical (unpaired) electrons. The fraction of sp³-hybridized carbons (Fsp3) is 0.611. The van der Waals surface area contributed by atoms with E-state index < -0.39 is 0 Å². The van der Waals surface area contributed by atoms with Gasteiger partial charge in [0.25, 0.3) is 5.91 Å². The van der Waals surface area contributed by atoms with E-state index in [0.717, 1.165) is 30.7 Å². The Labute approximate surface area is 138 Å². The molecule has 2 atom stereocenters. The fourth-order valence-electron chi connectivity index (χ4n) is 3.94. The SMILES string of the molecule is CSCc1ccc(C(=O)N2CCC[C@@H]2[C@H]2CCCN2C)cc1. The van der Waals surface area contributed by atoms with Gasteiger partial charge in [-0.2, -0.15) is 11.8 Å². The molecule has 2 saturated heterocycles. The molecule has 2 aliphatic rings. The zero-order valence-corrected chi connectivity index (χ0v) is 14.4. The van der Waals surface area contributed by atoms with Gasteiger partial charge in [0.1, 0.15) is 0 Å². The van der Waals surface area contributed by atoms with Crippen LogP contribution in [0.2, 0.25) is 0 Å². The second kappa shape index (κ2) is 7.05. The van der Waals surface area contributed by atoms with Crippen LogP contribution in [-0.2, 0) is 5.75 Å². The predicted octanol–water partition coefficient (Wildman–Crippen LogP) is 3.25. The summed E-state index contributed by atoms with van der Waals surface area (Å²) in [6.07, 6.45) is 6.91. The second-order valence-electron chi connectivity index (χ2n) is 6.53. The van der Waals surface area contributed by atoms with Crippen LogP contribution in [0.5, 0.6) is 0 Å². The molecule has 2 heterocycles. The van der Waals surface area contributed by atoms with Gasteiger partial charge in [-0.1, -0.05) is 12.1 Å². The minimum absolute atomic E-state index is 0.221. The summed E-state index contributed by atoms with van der Waals surface area (Å²) < 4.78 is 0. The number of carbonyl (C=O) groups is 1. The molecule has 1 aromatic carbocycles. The number of amides is 1. The average Bonchev–Trinajstić information content (AvgIpc) is 3.16. The Morgan fingerprint density at radius 1 is 1.14 bits per heavy atom. The number of benzene rings is 1. The Balaban J connectivity index is 1.72. The van der Waals surface area contributed by atoms with Crippen molar-refractivity contribution in [2.24, 2.45) is 0 Å². The molecule has 0 aliphatic carbocycles. The lowest BCUT2D eigenvalue weighted by atomic mass is 10.0. The summed E-state index contributed by atoms with van der Waals surface area (Å²) in [6, 6.07) is 9.16. The van der Waals surface area contributed by atoms with Crippen molar-refractivity contribution in [3.63, 3.8) is 0 Å². The Bertz CT molecular complexity index is 516. The number of hydrogen-bond donors (Lipinski definition) is 0. The van der Waals surface area contributed by atoms with Crippen molar-refractivity contribution in [2.45, 2.75) is 43.5 Å². The van der Waals surface area contributed by atoms with E-state index >= 15 is 0 Å². The van der Waals surface area contributed by atoms with Crippen LogP contribution in [0, 0.1) is 0 Å². The van der Waals surface area contributed by atoms with E-state index in [2.05, 4.69) is 35.2 Å². The highest BCUT2D eigenvalue weighted by molar-refractivity contribution is 7.97. The maximum Gasteiger partial charge on any atom is 0.254 e. The number of hydrogen-bond acceptors (Lipinski definition) is 3. The van der Waals surface area contributed by atoms with E-state index in [1.165, 1.54) is 24.9 Å². The Morgan fingerprint density at radius 2 is 1.82 bits per heavy atom. The summed E-state index contributed by atoms with van der Waals surface area (Å²) in [4.78, 5) is 17.5. The summed E-state index contributed by atoms with van der Waals surface area (Å²) in [5, 5.41) is 0. The molecule has 0 N–H and O–H groups in total. The van der Waals surface area contributed by atoms with Gasteiger partial charge in [0, 0.05) is 29.9 Å². The van der Waals surface area contributed by atoms with Crippen molar-refractivity contribution in [3.8, 4) is 0 Å². The normalized spacial score (nSPS) is 25.8. The molecule has 0 spiro atoms. The minimum Gasteiger partial charge on any atom is -0.334 e. The van der Waals surface area contributed by atoms with Gasteiger partial charge < -0.3 is 9.80 Å². The highest BCUT2D eigenvalue weighted by Crippen LogP contribution is 2.30. The molecular weight excluding hydrogens is 292 g/mol. The molecule has 2 aliphatic heterocycles. The van der Waals surface area contributed by atoms with Gasteiger partial charge in [-0.25, -0.2) is 0 Å². The van der Waals surface area contributed by atoms with Crippen LogP contribution in [0.15, 0.2) is 24.3 Å². The third-order valence-corrected chi connectivity index (χ3v) is 5.72. The molecule has 22 heavy (non-hydrogen) atoms. The van der Waals surface area contributed by atoms with Crippen LogP contribution in [-0.4, -0.2) is 54.2 Å². The zero-order chi connectivity index (χ0) is 15.5. The summed E-state index contributed by atoms with van der Waals surface area (Å²) in [5.74, 6) is 1.23. The molecule has 3 rings (SSSR count). The van der Waals surface area contributed by atoms with Crippen LogP contribution >= 0.6 is 11.8 Å². The lowest BCUT2D eigenvalue weighted by Gasteiger charge is -2.33. The van der Waals surface area contributed by atoms with Gasteiger partial charge in [-0.15, -0.1) is 0 Å². The molecule has 0 bridgehead atoms. The minimum atomic E-state index is 0.221. The van der Waals surface area contributed by atoms with Crippen LogP contribution in [0.1, 0.15) is 41.6 Å². The lowest BCUT2D eigenvalue weighted by molar-refractivity contribution is 0.0664. The Hall–Kier alpha value is -1.00. The van der Waals surface area contributed by atoms with E-state index in [0.29, 0.717) is 12.1 Å². The van der Waals surface area contributed by atoms with Crippen LogP contribution in [0.25, 0.3) is 0 Å². The first kappa shape index (κ1) is 15.9. The van der Waals surface area contributed by atoms with Crippen molar-refractivity contribution >= 4 is 17.7 Å². The molecule has 0 saturated carbocycles. The molecule has 2 fully saturated rings. The highest BCUT2D eigenvalue weighted by Gasteiger charge is 2.38. The number of thioether (sulfide) groups is 1. The molecule has 0 aromatic heterocycles. The first-order valence-corrected chi connectivity index (χ1v) is 9.69. The Kier molecular flexibility index (Phi) is 5.09. The summed E-state index contributed by atoms with van der Waals surface area (Å²) in [6.45, 7) is 2.09. The molecule has 4 heteroatoms. The monoisotopic (exact) mass is 318 g/mol. The molecule has 0 unspecified atom stereocenters. The third-order valence-electron chi connectivity index (χ3n) is 5.09. The number of rotatable bonds is 4. The summed E-state index contributed by atoms with van der Waals surface area (Å²) in [5.41, 5.74) is 2.13. The first-order valence-electron chi connectivity index (χ1n) is 8.30. The van der Waals surface area contributed by atoms with Crippen LogP contribution < -0.4 is 0 Å². The van der Waals surface area contributed by atoms with Crippen molar-refractivity contribution < 1.29 is 4.79 Å². The van der Waals surface area contributed by atoms with Gasteiger partial charge in [0.05, 0.1) is 0 Å². The van der Waals surface area contributed by atoms with Crippen molar-refractivity contribution in [1.29, 1.82) is 0 Å². The van der Waals surface area contributed by atoms with Crippen molar-refractivity contribution in [1.82, 2.24) is 9.80 Å². The number of carbonyl (C=O) groups excluding carboxylic acids is 1. The standard InChI is InChI=1S/C18H26N2OS/c1-19-11-3-5-16(19)17-6-4-12-20(17)18(21)15-9-7-14(8-10-15)13-22-2/h7-10,16-17H,3-6,11-13H2,1-2H3/t16-,17-/m1/s1. The largest absolute Gasteiger partial charge is 0.334 e. The van der Waals surface area contributed by atoms with Crippen molar-refractivity contribution in [2.75, 3.05) is 26.4 Å². The lowest BCUT2D eigenvalue weighted by Crippen LogP contribution is -2.47. The van der Waals surface area contributed by atoms with Gasteiger partial charge in [0.2, 0.25) is 0 Å². The summed E-state index contributed by atoms with van der Waals surface area (Å²) in [7, 11) is 2.20. The molecular formula is C18H26N2OS. The van der Waals surface area contributed by atoms with Gasteiger partial charge in [-0.3, -0.25) is 4.79 Å². The smallest absolute Gasteiger partial charge is 0.254 e. The van der Waals surface area contributed by atoms with Gasteiger partial charge in [-0.05, 0) is 63.2 Å². The van der Waals surface area contributed by atoms with Crippen LogP contribution in [0.3, 0.4) is 0 Å². The van der Waals surface area contributed by atoms with Gasteiger partial charge in [0.15, 0.2) is 0 Å². The summed E-state index contributed by atoms with van der Waals surface area (Å²) >= 11 is 1.81. The highest BCUT2D eigenvalue weighted by atomic mass is 32.2. The maximum atomic E-state index is 12.9. The zero-order valence-electron chi connectivity index (χ0n) is 13.6. The Morgan fingerprint density at radius 3 is 2.45 bits per heavy atom. The number of likely N-dealkylation sites (tertiary alicyclic amines) is 2. The predicted molar refractivity (Wildman–Crippen MR) is 93.4 cm³/mol. The number of nitrogens with zero attached hydrogens (tertiary/aromatic N) is 2. The topological polar surface area (TPSA) is 23.6 Å². The average molecular weight is 318 g/mol. The fourth-order valence-corrected chi connectivity index (χ4v) is 4.47. The van der Waals surface area contributed by atoms with Gasteiger partial charge >= 0.3 is 0 Å². The van der Waals surface area contributed by atoms with E-state index in [1.54, 1.807) is 0 Å². The molecule has 1 amide bonds. The van der Waals surface area contributed by atoms with E-state index in [1.807, 2.05) is 23.9 Å².